The number of amides is 2. The van der Waals surface area contributed by atoms with Crippen LogP contribution in [0.25, 0.3) is 0 Å². The highest BCUT2D eigenvalue weighted by molar-refractivity contribution is 5.76. The molecule has 1 aliphatic rings. The minimum absolute atomic E-state index is 0.308. The molecule has 1 fully saturated rings. The third kappa shape index (κ3) is 5.37. The summed E-state index contributed by atoms with van der Waals surface area (Å²) in [6.07, 6.45) is -3.72. The van der Waals surface area contributed by atoms with Gasteiger partial charge in [-0.3, -0.25) is 4.79 Å². The first kappa shape index (κ1) is 21.1. The molecule has 0 aliphatic carbocycles. The summed E-state index contributed by atoms with van der Waals surface area (Å²) in [5.74, 6) is -1.33. The molecule has 2 rings (SSSR count). The molecule has 0 aromatic heterocycles. The molecular weight excluding hydrogens is 361 g/mol. The topological polar surface area (TPSA) is 69.6 Å². The molecule has 1 aromatic rings. The minimum Gasteiger partial charge on any atom is -0.481 e. The van der Waals surface area contributed by atoms with Gasteiger partial charge in [0.15, 0.2) is 0 Å². The van der Waals surface area contributed by atoms with Gasteiger partial charge in [-0.15, -0.1) is 0 Å². The van der Waals surface area contributed by atoms with Crippen LogP contribution in [0, 0.1) is 11.3 Å². The zero-order valence-electron chi connectivity index (χ0n) is 15.6. The first-order chi connectivity index (χ1) is 12.4. The van der Waals surface area contributed by atoms with E-state index in [1.807, 2.05) is 20.8 Å². The van der Waals surface area contributed by atoms with Gasteiger partial charge in [0.25, 0.3) is 0 Å². The number of carbonyl (C=O) groups is 2. The third-order valence-electron chi connectivity index (χ3n) is 4.81. The maximum absolute atomic E-state index is 13.0. The van der Waals surface area contributed by atoms with E-state index in [2.05, 4.69) is 5.32 Å². The number of piperidine rings is 1. The highest BCUT2D eigenvalue weighted by Crippen LogP contribution is 2.36. The zero-order valence-corrected chi connectivity index (χ0v) is 15.6. The summed E-state index contributed by atoms with van der Waals surface area (Å²) in [6.45, 7) is 6.14. The number of urea groups is 1. The number of hydrogen-bond donors (Lipinski definition) is 2. The number of likely N-dealkylation sites (tertiary alicyclic amines) is 1. The van der Waals surface area contributed by atoms with Crippen molar-refractivity contribution < 1.29 is 27.9 Å². The van der Waals surface area contributed by atoms with E-state index in [-0.39, 0.29) is 0 Å². The van der Waals surface area contributed by atoms with Gasteiger partial charge in [-0.05, 0) is 36.0 Å². The van der Waals surface area contributed by atoms with Crippen molar-refractivity contribution in [2.24, 2.45) is 11.3 Å². The number of nitrogens with one attached hydrogen (secondary N) is 1. The average molecular weight is 386 g/mol. The summed E-state index contributed by atoms with van der Waals surface area (Å²) >= 11 is 0. The van der Waals surface area contributed by atoms with Gasteiger partial charge in [0, 0.05) is 13.1 Å². The van der Waals surface area contributed by atoms with Crippen molar-refractivity contribution in [2.45, 2.75) is 45.8 Å². The number of nitrogens with zero attached hydrogens (tertiary/aromatic N) is 1. The lowest BCUT2D eigenvalue weighted by Crippen LogP contribution is -2.48. The van der Waals surface area contributed by atoms with E-state index in [0.717, 1.165) is 12.1 Å². The first-order valence-electron chi connectivity index (χ1n) is 8.85. The Bertz CT molecular complexity index is 690. The lowest BCUT2D eigenvalue weighted by Gasteiger charge is -2.36. The molecule has 0 spiro atoms. The van der Waals surface area contributed by atoms with Crippen molar-refractivity contribution in [3.05, 3.63) is 35.4 Å². The number of rotatable bonds is 3. The van der Waals surface area contributed by atoms with Gasteiger partial charge in [0.2, 0.25) is 0 Å². The van der Waals surface area contributed by atoms with E-state index in [9.17, 15) is 22.8 Å². The molecule has 0 bridgehead atoms. The Morgan fingerprint density at radius 2 is 1.78 bits per heavy atom. The van der Waals surface area contributed by atoms with Crippen molar-refractivity contribution in [2.75, 3.05) is 13.1 Å². The van der Waals surface area contributed by atoms with Gasteiger partial charge in [0.05, 0.1) is 17.5 Å². The molecule has 27 heavy (non-hydrogen) atoms. The Hall–Kier alpha value is -2.25. The number of carbonyl (C=O) groups excluding carboxylic acids is 1. The van der Waals surface area contributed by atoms with E-state index in [1.54, 1.807) is 6.07 Å². The van der Waals surface area contributed by atoms with Gasteiger partial charge in [0.1, 0.15) is 0 Å². The van der Waals surface area contributed by atoms with Crippen LogP contribution in [0.5, 0.6) is 0 Å². The molecule has 1 saturated heterocycles. The maximum atomic E-state index is 13.0. The van der Waals surface area contributed by atoms with Gasteiger partial charge in [-0.25, -0.2) is 4.79 Å². The first-order valence-corrected chi connectivity index (χ1v) is 8.85. The van der Waals surface area contributed by atoms with Crippen LogP contribution in [-0.4, -0.2) is 35.1 Å². The molecule has 1 aromatic carbocycles. The molecule has 0 radical (unpaired) electrons. The highest BCUT2D eigenvalue weighted by Gasteiger charge is 2.35. The molecule has 2 N–H and O–H groups in total. The predicted octanol–water partition coefficient (Wildman–Crippen LogP) is 4.30. The Morgan fingerprint density at radius 1 is 1.19 bits per heavy atom. The fourth-order valence-corrected chi connectivity index (χ4v) is 3.24. The summed E-state index contributed by atoms with van der Waals surface area (Å²) < 4.78 is 39.1. The number of carboxylic acids is 1. The fraction of sp³-hybridized carbons (Fsp3) is 0.579. The average Bonchev–Trinajstić information content (AvgIpc) is 2.58. The lowest BCUT2D eigenvalue weighted by molar-refractivity contribution is -0.143. The number of aliphatic carboxylic acids is 1. The number of halogens is 3. The lowest BCUT2D eigenvalue weighted by atomic mass is 9.82. The fourth-order valence-electron chi connectivity index (χ4n) is 3.24. The quantitative estimate of drug-likeness (QED) is 0.814. The van der Waals surface area contributed by atoms with Crippen molar-refractivity contribution in [3.8, 4) is 0 Å². The Morgan fingerprint density at radius 3 is 2.26 bits per heavy atom. The van der Waals surface area contributed by atoms with E-state index in [1.165, 1.54) is 11.0 Å². The van der Waals surface area contributed by atoms with Crippen LogP contribution in [0.2, 0.25) is 0 Å². The Kier molecular flexibility index (Phi) is 6.07. The third-order valence-corrected chi connectivity index (χ3v) is 4.81. The number of hydrogen-bond acceptors (Lipinski definition) is 2. The summed E-state index contributed by atoms with van der Waals surface area (Å²) in [5.41, 5.74) is -0.893. The molecule has 1 heterocycles. The summed E-state index contributed by atoms with van der Waals surface area (Å²) in [6, 6.07) is 3.96. The smallest absolute Gasteiger partial charge is 0.416 e. The van der Waals surface area contributed by atoms with Gasteiger partial charge >= 0.3 is 18.2 Å². The maximum Gasteiger partial charge on any atom is 0.416 e. The van der Waals surface area contributed by atoms with Gasteiger partial charge < -0.3 is 15.3 Å². The van der Waals surface area contributed by atoms with Crippen LogP contribution >= 0.6 is 0 Å². The summed E-state index contributed by atoms with van der Waals surface area (Å²) in [7, 11) is 0. The summed E-state index contributed by atoms with van der Waals surface area (Å²) in [4.78, 5) is 25.2. The van der Waals surface area contributed by atoms with Gasteiger partial charge in [-0.2, -0.15) is 13.2 Å². The Balaban J connectivity index is 2.17. The molecular formula is C19H25F3N2O3. The number of alkyl halides is 3. The number of benzene rings is 1. The van der Waals surface area contributed by atoms with E-state index < -0.39 is 41.1 Å². The minimum atomic E-state index is -4.46. The Labute approximate surface area is 156 Å². The monoisotopic (exact) mass is 386 g/mol. The molecule has 2 amide bonds. The summed E-state index contributed by atoms with van der Waals surface area (Å²) in [5, 5.41) is 11.9. The van der Waals surface area contributed by atoms with E-state index >= 15 is 0 Å². The normalized spacial score (nSPS) is 17.5. The molecule has 1 aliphatic heterocycles. The van der Waals surface area contributed by atoms with Crippen molar-refractivity contribution in [1.82, 2.24) is 10.2 Å². The molecule has 5 nitrogen and oxygen atoms in total. The van der Waals surface area contributed by atoms with Crippen LogP contribution in [0.1, 0.15) is 50.8 Å². The van der Waals surface area contributed by atoms with Crippen LogP contribution in [0.4, 0.5) is 18.0 Å². The zero-order chi connectivity index (χ0) is 20.4. The highest BCUT2D eigenvalue weighted by atomic mass is 19.4. The van der Waals surface area contributed by atoms with Crippen LogP contribution in [0.15, 0.2) is 24.3 Å². The standard InChI is InChI=1S/C19H25F3N2O3/c1-18(2,3)15(13-5-4-6-14(11-13)19(20,21)22)23-17(27)24-9-7-12(8-10-24)16(25)26/h4-6,11-12,15H,7-10H2,1-3H3,(H,23,27)(H,25,26). The molecule has 8 heteroatoms. The van der Waals surface area contributed by atoms with Crippen LogP contribution in [-0.2, 0) is 11.0 Å². The molecule has 0 saturated carbocycles. The molecule has 150 valence electrons. The second-order valence-corrected chi connectivity index (χ2v) is 7.97. The van der Waals surface area contributed by atoms with Crippen LogP contribution < -0.4 is 5.32 Å². The van der Waals surface area contributed by atoms with Crippen molar-refractivity contribution in [1.29, 1.82) is 0 Å². The SMILES string of the molecule is CC(C)(C)C(NC(=O)N1CCC(C(=O)O)CC1)c1cccc(C(F)(F)F)c1. The largest absolute Gasteiger partial charge is 0.481 e. The van der Waals surface area contributed by atoms with E-state index in [4.69, 9.17) is 5.11 Å². The van der Waals surface area contributed by atoms with E-state index in [0.29, 0.717) is 31.5 Å². The van der Waals surface area contributed by atoms with Crippen molar-refractivity contribution in [3.63, 3.8) is 0 Å². The molecule has 1 atom stereocenters. The molecule has 1 unspecified atom stereocenters. The second-order valence-electron chi connectivity index (χ2n) is 7.97. The number of carboxylic acid groups (broad SMARTS) is 1. The predicted molar refractivity (Wildman–Crippen MR) is 94.1 cm³/mol. The van der Waals surface area contributed by atoms with Gasteiger partial charge in [-0.1, -0.05) is 32.9 Å². The van der Waals surface area contributed by atoms with Crippen molar-refractivity contribution >= 4 is 12.0 Å². The van der Waals surface area contributed by atoms with Crippen LogP contribution in [0.3, 0.4) is 0 Å². The second kappa shape index (κ2) is 7.78.